The number of carbonyl (C=O) groups excluding carboxylic acids is 2. The second-order valence-corrected chi connectivity index (χ2v) is 5.01. The first-order valence-electron chi connectivity index (χ1n) is 6.43. The van der Waals surface area contributed by atoms with E-state index >= 15 is 0 Å². The lowest BCUT2D eigenvalue weighted by atomic mass is 9.92. The van der Waals surface area contributed by atoms with Gasteiger partial charge in [-0.1, -0.05) is 30.3 Å². The summed E-state index contributed by atoms with van der Waals surface area (Å²) >= 11 is 0. The molecule has 0 amide bonds. The van der Waals surface area contributed by atoms with Crippen LogP contribution in [0, 0.1) is 17.0 Å². The molecule has 3 rings (SSSR count). The predicted molar refractivity (Wildman–Crippen MR) is 75.7 cm³/mol. The zero-order valence-electron chi connectivity index (χ0n) is 11.2. The van der Waals surface area contributed by atoms with E-state index in [-0.39, 0.29) is 17.3 Å². The van der Waals surface area contributed by atoms with E-state index in [2.05, 4.69) is 0 Å². The monoisotopic (exact) mass is 281 g/mol. The van der Waals surface area contributed by atoms with Gasteiger partial charge in [0, 0.05) is 22.8 Å². The Morgan fingerprint density at radius 1 is 1.00 bits per heavy atom. The molecule has 0 atom stereocenters. The van der Waals surface area contributed by atoms with Gasteiger partial charge in [-0.25, -0.2) is 0 Å². The molecule has 1 aliphatic rings. The van der Waals surface area contributed by atoms with Crippen LogP contribution in [0.2, 0.25) is 0 Å². The lowest BCUT2D eigenvalue weighted by molar-refractivity contribution is -0.385. The molecule has 1 aliphatic carbocycles. The van der Waals surface area contributed by atoms with Crippen LogP contribution in [0.5, 0.6) is 0 Å². The Morgan fingerprint density at radius 2 is 1.57 bits per heavy atom. The van der Waals surface area contributed by atoms with Gasteiger partial charge in [0.25, 0.3) is 5.69 Å². The van der Waals surface area contributed by atoms with Gasteiger partial charge in [-0.15, -0.1) is 0 Å². The molecule has 0 saturated carbocycles. The minimum Gasteiger partial charge on any atom is -0.293 e. The number of rotatable bonds is 2. The van der Waals surface area contributed by atoms with Gasteiger partial charge >= 0.3 is 0 Å². The van der Waals surface area contributed by atoms with Crippen molar-refractivity contribution in [2.24, 2.45) is 0 Å². The molecule has 5 heteroatoms. The number of nitro groups is 1. The Hall–Kier alpha value is -2.82. The summed E-state index contributed by atoms with van der Waals surface area (Å²) in [6.07, 6.45) is 0. The highest BCUT2D eigenvalue weighted by Crippen LogP contribution is 2.35. The Balaban J connectivity index is 2.07. The third-order valence-electron chi connectivity index (χ3n) is 3.73. The molecule has 21 heavy (non-hydrogen) atoms. The van der Waals surface area contributed by atoms with Gasteiger partial charge < -0.3 is 0 Å². The molecule has 0 unspecified atom stereocenters. The van der Waals surface area contributed by atoms with Crippen molar-refractivity contribution in [1.82, 2.24) is 0 Å². The summed E-state index contributed by atoms with van der Waals surface area (Å²) in [7, 11) is 0. The van der Waals surface area contributed by atoms with Crippen LogP contribution < -0.4 is 0 Å². The molecule has 0 spiro atoms. The Morgan fingerprint density at radius 3 is 2.05 bits per heavy atom. The van der Waals surface area contributed by atoms with E-state index in [1.807, 2.05) is 0 Å². The highest BCUT2D eigenvalue weighted by atomic mass is 16.6. The summed E-state index contributed by atoms with van der Waals surface area (Å²) < 4.78 is 0. The molecule has 0 aliphatic heterocycles. The lowest BCUT2D eigenvalue weighted by Crippen LogP contribution is -2.13. The number of hydrogen-bond donors (Lipinski definition) is 0. The van der Waals surface area contributed by atoms with Crippen LogP contribution in [0.4, 0.5) is 5.69 Å². The molecule has 0 bridgehead atoms. The average molecular weight is 281 g/mol. The first kappa shape index (κ1) is 13.2. The largest absolute Gasteiger partial charge is 0.293 e. The van der Waals surface area contributed by atoms with Gasteiger partial charge in [-0.2, -0.15) is 0 Å². The van der Waals surface area contributed by atoms with E-state index in [4.69, 9.17) is 0 Å². The molecular weight excluding hydrogens is 270 g/mol. The molecular formula is C16H11NO4. The summed E-state index contributed by atoms with van der Waals surface area (Å²) in [5.41, 5.74) is 1.76. The summed E-state index contributed by atoms with van der Waals surface area (Å²) in [4.78, 5) is 35.1. The molecule has 0 fully saturated rings. The topological polar surface area (TPSA) is 77.3 Å². The number of fused-ring (bicyclic) bond motifs is 1. The molecule has 0 aromatic heterocycles. The van der Waals surface area contributed by atoms with E-state index in [9.17, 15) is 19.7 Å². The number of Topliss-reactive ketones (excluding diaryl/α,β-unsaturated/α-hetero) is 2. The van der Waals surface area contributed by atoms with Gasteiger partial charge in [-0.05, 0) is 18.6 Å². The van der Waals surface area contributed by atoms with Crippen molar-refractivity contribution in [2.75, 3.05) is 0 Å². The van der Waals surface area contributed by atoms with Gasteiger partial charge in [0.15, 0.2) is 11.6 Å². The summed E-state index contributed by atoms with van der Waals surface area (Å²) in [5, 5.41) is 10.8. The Kier molecular flexibility index (Phi) is 2.90. The van der Waals surface area contributed by atoms with E-state index in [0.29, 0.717) is 22.3 Å². The van der Waals surface area contributed by atoms with E-state index in [1.54, 1.807) is 37.3 Å². The van der Waals surface area contributed by atoms with Crippen molar-refractivity contribution in [3.8, 4) is 0 Å². The summed E-state index contributed by atoms with van der Waals surface area (Å²) in [6.45, 7) is 1.60. The van der Waals surface area contributed by atoms with E-state index in [1.165, 1.54) is 12.1 Å². The Bertz CT molecular complexity index is 760. The summed E-state index contributed by atoms with van der Waals surface area (Å²) in [5.74, 6) is -1.38. The second-order valence-electron chi connectivity index (χ2n) is 5.01. The molecule has 0 heterocycles. The molecule has 0 N–H and O–H groups in total. The molecule has 104 valence electrons. The number of benzene rings is 2. The van der Waals surface area contributed by atoms with Crippen LogP contribution in [0.1, 0.15) is 37.8 Å². The average Bonchev–Trinajstić information content (AvgIpc) is 2.71. The lowest BCUT2D eigenvalue weighted by Gasteiger charge is -2.08. The molecule has 2 aromatic carbocycles. The van der Waals surface area contributed by atoms with Gasteiger partial charge in [-0.3, -0.25) is 19.7 Å². The number of hydrogen-bond acceptors (Lipinski definition) is 4. The number of nitro benzene ring substituents is 1. The van der Waals surface area contributed by atoms with Crippen LogP contribution in [-0.4, -0.2) is 16.5 Å². The predicted octanol–water partition coefficient (Wildman–Crippen LogP) is 3.07. The van der Waals surface area contributed by atoms with Crippen molar-refractivity contribution < 1.29 is 14.5 Å². The fourth-order valence-corrected chi connectivity index (χ4v) is 2.71. The molecule has 0 saturated heterocycles. The fraction of sp³-hybridized carbons (Fsp3) is 0.125. The molecule has 2 aromatic rings. The number of ketones is 2. The normalized spacial score (nSPS) is 14.3. The molecule has 5 nitrogen and oxygen atoms in total. The third-order valence-corrected chi connectivity index (χ3v) is 3.73. The highest BCUT2D eigenvalue weighted by Gasteiger charge is 2.39. The van der Waals surface area contributed by atoms with Crippen molar-refractivity contribution >= 4 is 17.3 Å². The van der Waals surface area contributed by atoms with E-state index < -0.39 is 10.8 Å². The first-order chi connectivity index (χ1) is 10.0. The van der Waals surface area contributed by atoms with Crippen LogP contribution in [0.15, 0.2) is 42.5 Å². The number of carbonyl (C=O) groups is 2. The van der Waals surface area contributed by atoms with Crippen molar-refractivity contribution in [1.29, 1.82) is 0 Å². The van der Waals surface area contributed by atoms with Crippen LogP contribution in [-0.2, 0) is 0 Å². The first-order valence-corrected chi connectivity index (χ1v) is 6.43. The van der Waals surface area contributed by atoms with E-state index in [0.717, 1.165) is 0 Å². The third kappa shape index (κ3) is 1.94. The smallest absolute Gasteiger partial charge is 0.272 e. The second kappa shape index (κ2) is 4.63. The van der Waals surface area contributed by atoms with Crippen LogP contribution in [0.3, 0.4) is 0 Å². The number of nitrogens with zero attached hydrogens (tertiary/aromatic N) is 1. The quantitative estimate of drug-likeness (QED) is 0.481. The molecule has 0 radical (unpaired) electrons. The van der Waals surface area contributed by atoms with Crippen molar-refractivity contribution in [3.63, 3.8) is 0 Å². The van der Waals surface area contributed by atoms with Gasteiger partial charge in [0.1, 0.15) is 5.92 Å². The maximum atomic E-state index is 12.4. The van der Waals surface area contributed by atoms with Crippen LogP contribution >= 0.6 is 0 Å². The van der Waals surface area contributed by atoms with Crippen molar-refractivity contribution in [3.05, 3.63) is 74.8 Å². The van der Waals surface area contributed by atoms with Gasteiger partial charge in [0.2, 0.25) is 0 Å². The minimum atomic E-state index is -0.887. The minimum absolute atomic E-state index is 0.0193. The Labute approximate surface area is 120 Å². The van der Waals surface area contributed by atoms with Gasteiger partial charge in [0.05, 0.1) is 4.92 Å². The highest BCUT2D eigenvalue weighted by molar-refractivity contribution is 6.29. The van der Waals surface area contributed by atoms with Crippen LogP contribution in [0.25, 0.3) is 0 Å². The zero-order valence-corrected chi connectivity index (χ0v) is 11.2. The maximum Gasteiger partial charge on any atom is 0.272 e. The fourth-order valence-electron chi connectivity index (χ4n) is 2.71. The summed E-state index contributed by atoms with van der Waals surface area (Å²) in [6, 6.07) is 11.1. The van der Waals surface area contributed by atoms with Crippen molar-refractivity contribution in [2.45, 2.75) is 12.8 Å². The maximum absolute atomic E-state index is 12.4. The standard InChI is InChI=1S/C16H11NO4/c1-9-8-10(6-7-13(9)17(20)21)14-15(18)11-4-2-3-5-12(11)16(14)19/h2-8,14H,1H3. The zero-order chi connectivity index (χ0) is 15.1. The SMILES string of the molecule is Cc1cc(C2C(=O)c3ccccc3C2=O)ccc1[N+](=O)[O-]. The number of aryl methyl sites for hydroxylation is 1.